The molecule has 108 valence electrons. The molecule has 1 N–H and O–H groups in total. The van der Waals surface area contributed by atoms with E-state index in [4.69, 9.17) is 23.2 Å². The van der Waals surface area contributed by atoms with E-state index in [0.29, 0.717) is 16.5 Å². The average Bonchev–Trinajstić information content (AvgIpc) is 2.84. The highest BCUT2D eigenvalue weighted by Gasteiger charge is 2.18. The number of halogens is 2. The Labute approximate surface area is 128 Å². The van der Waals surface area contributed by atoms with Crippen LogP contribution in [0.5, 0.6) is 0 Å². The number of nitrogens with zero attached hydrogens (tertiary/aromatic N) is 4. The lowest BCUT2D eigenvalue weighted by Crippen LogP contribution is -2.22. The standard InChI is InChI=1S/C13H17Cl2N5/c1-3-4-20-12(18-8-19-20)6-11(16-2)13-10(15)5-9(14)7-17-13/h5,7-8,11,16H,3-4,6H2,1-2H3. The summed E-state index contributed by atoms with van der Waals surface area (Å²) in [6, 6.07) is 1.67. The number of hydrogen-bond acceptors (Lipinski definition) is 4. The molecule has 20 heavy (non-hydrogen) atoms. The average molecular weight is 314 g/mol. The quantitative estimate of drug-likeness (QED) is 0.891. The van der Waals surface area contributed by atoms with Crippen molar-refractivity contribution in [3.05, 3.63) is 40.2 Å². The second-order valence-electron chi connectivity index (χ2n) is 4.47. The van der Waals surface area contributed by atoms with Crippen molar-refractivity contribution in [2.75, 3.05) is 7.05 Å². The van der Waals surface area contributed by atoms with Crippen molar-refractivity contribution in [2.24, 2.45) is 0 Å². The highest BCUT2D eigenvalue weighted by atomic mass is 35.5. The predicted molar refractivity (Wildman–Crippen MR) is 80.1 cm³/mol. The normalized spacial score (nSPS) is 12.6. The molecule has 1 atom stereocenters. The summed E-state index contributed by atoms with van der Waals surface area (Å²) in [4.78, 5) is 8.63. The van der Waals surface area contributed by atoms with E-state index in [1.54, 1.807) is 18.6 Å². The summed E-state index contributed by atoms with van der Waals surface area (Å²) in [5.41, 5.74) is 0.768. The van der Waals surface area contributed by atoms with Crippen LogP contribution >= 0.6 is 23.2 Å². The Morgan fingerprint density at radius 1 is 1.35 bits per heavy atom. The fraction of sp³-hybridized carbons (Fsp3) is 0.462. The van der Waals surface area contributed by atoms with E-state index in [9.17, 15) is 0 Å². The van der Waals surface area contributed by atoms with Crippen LogP contribution in [-0.2, 0) is 13.0 Å². The van der Waals surface area contributed by atoms with Crippen molar-refractivity contribution < 1.29 is 0 Å². The Balaban J connectivity index is 2.22. The van der Waals surface area contributed by atoms with Gasteiger partial charge in [0.15, 0.2) is 0 Å². The first kappa shape index (κ1) is 15.2. The molecule has 0 aliphatic rings. The van der Waals surface area contributed by atoms with Gasteiger partial charge in [0, 0.05) is 19.2 Å². The van der Waals surface area contributed by atoms with Gasteiger partial charge in [0.1, 0.15) is 12.2 Å². The molecule has 0 radical (unpaired) electrons. The van der Waals surface area contributed by atoms with Gasteiger partial charge < -0.3 is 5.32 Å². The van der Waals surface area contributed by atoms with Gasteiger partial charge in [-0.3, -0.25) is 9.67 Å². The van der Waals surface area contributed by atoms with E-state index >= 15 is 0 Å². The predicted octanol–water partition coefficient (Wildman–Crippen LogP) is 2.89. The number of hydrogen-bond donors (Lipinski definition) is 1. The first-order chi connectivity index (χ1) is 9.65. The number of nitrogens with one attached hydrogen (secondary N) is 1. The third kappa shape index (κ3) is 3.48. The van der Waals surface area contributed by atoms with E-state index in [2.05, 4.69) is 27.3 Å². The lowest BCUT2D eigenvalue weighted by Gasteiger charge is -2.17. The molecular formula is C13H17Cl2N5. The number of rotatable bonds is 6. The molecule has 0 fully saturated rings. The van der Waals surface area contributed by atoms with Crippen LogP contribution in [0, 0.1) is 0 Å². The highest BCUT2D eigenvalue weighted by Crippen LogP contribution is 2.25. The van der Waals surface area contributed by atoms with Gasteiger partial charge in [-0.2, -0.15) is 5.10 Å². The summed E-state index contributed by atoms with van der Waals surface area (Å²) in [5.74, 6) is 0.916. The van der Waals surface area contributed by atoms with Gasteiger partial charge in [0.25, 0.3) is 0 Å². The van der Waals surface area contributed by atoms with Crippen LogP contribution in [-0.4, -0.2) is 26.8 Å². The van der Waals surface area contributed by atoms with Crippen molar-refractivity contribution in [3.8, 4) is 0 Å². The zero-order valence-electron chi connectivity index (χ0n) is 11.5. The third-order valence-corrected chi connectivity index (χ3v) is 3.54. The Bertz CT molecular complexity index is 570. The first-order valence-corrected chi connectivity index (χ1v) is 7.26. The summed E-state index contributed by atoms with van der Waals surface area (Å²) < 4.78 is 1.91. The topological polar surface area (TPSA) is 55.6 Å². The molecule has 0 bridgehead atoms. The maximum Gasteiger partial charge on any atom is 0.138 e. The van der Waals surface area contributed by atoms with Gasteiger partial charge in [-0.15, -0.1) is 0 Å². The van der Waals surface area contributed by atoms with E-state index in [1.165, 1.54) is 0 Å². The van der Waals surface area contributed by atoms with Gasteiger partial charge in [0.2, 0.25) is 0 Å². The molecule has 0 spiro atoms. The Morgan fingerprint density at radius 3 is 2.80 bits per heavy atom. The van der Waals surface area contributed by atoms with Crippen LogP contribution in [0.2, 0.25) is 10.0 Å². The molecule has 5 nitrogen and oxygen atoms in total. The lowest BCUT2D eigenvalue weighted by atomic mass is 10.1. The zero-order chi connectivity index (χ0) is 14.5. The summed E-state index contributed by atoms with van der Waals surface area (Å²) in [6.07, 6.45) is 4.86. The number of pyridine rings is 1. The molecule has 2 rings (SSSR count). The highest BCUT2D eigenvalue weighted by molar-refractivity contribution is 6.34. The molecule has 1 unspecified atom stereocenters. The van der Waals surface area contributed by atoms with Crippen molar-refractivity contribution in [1.82, 2.24) is 25.1 Å². The number of aromatic nitrogens is 4. The summed E-state index contributed by atoms with van der Waals surface area (Å²) in [5, 5.41) is 8.53. The minimum atomic E-state index is -0.0282. The molecule has 2 heterocycles. The Morgan fingerprint density at radius 2 is 2.15 bits per heavy atom. The van der Waals surface area contributed by atoms with Crippen LogP contribution in [0.1, 0.15) is 30.9 Å². The Hall–Kier alpha value is -1.17. The van der Waals surface area contributed by atoms with E-state index in [1.807, 2.05) is 11.7 Å². The van der Waals surface area contributed by atoms with Gasteiger partial charge in [0.05, 0.1) is 21.8 Å². The summed E-state index contributed by atoms with van der Waals surface area (Å²) >= 11 is 12.1. The molecule has 2 aromatic rings. The molecule has 0 saturated heterocycles. The van der Waals surface area contributed by atoms with E-state index in [-0.39, 0.29) is 6.04 Å². The largest absolute Gasteiger partial charge is 0.311 e. The second kappa shape index (κ2) is 7.02. The van der Waals surface area contributed by atoms with Crippen LogP contribution in [0.3, 0.4) is 0 Å². The van der Waals surface area contributed by atoms with Crippen LogP contribution in [0.25, 0.3) is 0 Å². The lowest BCUT2D eigenvalue weighted by molar-refractivity contribution is 0.510. The molecule has 0 amide bonds. The third-order valence-electron chi connectivity index (χ3n) is 3.03. The molecule has 2 aromatic heterocycles. The van der Waals surface area contributed by atoms with Crippen LogP contribution < -0.4 is 5.32 Å². The maximum atomic E-state index is 6.21. The van der Waals surface area contributed by atoms with E-state index in [0.717, 1.165) is 24.5 Å². The minimum absolute atomic E-state index is 0.0282. The molecule has 7 heteroatoms. The molecule has 0 aliphatic heterocycles. The van der Waals surface area contributed by atoms with Gasteiger partial charge >= 0.3 is 0 Å². The molecule has 0 aromatic carbocycles. The van der Waals surface area contributed by atoms with Crippen molar-refractivity contribution in [1.29, 1.82) is 0 Å². The smallest absolute Gasteiger partial charge is 0.138 e. The van der Waals surface area contributed by atoms with Crippen LogP contribution in [0.4, 0.5) is 0 Å². The van der Waals surface area contributed by atoms with Gasteiger partial charge in [-0.05, 0) is 19.5 Å². The fourth-order valence-corrected chi connectivity index (χ4v) is 2.56. The SMILES string of the molecule is CCCn1ncnc1CC(NC)c1ncc(Cl)cc1Cl. The monoisotopic (exact) mass is 313 g/mol. The fourth-order valence-electron chi connectivity index (χ4n) is 2.04. The first-order valence-electron chi connectivity index (χ1n) is 6.50. The van der Waals surface area contributed by atoms with E-state index < -0.39 is 0 Å². The Kier molecular flexibility index (Phi) is 5.34. The number of aryl methyl sites for hydroxylation is 1. The number of likely N-dealkylation sites (N-methyl/N-ethyl adjacent to an activating group) is 1. The summed E-state index contributed by atoms with van der Waals surface area (Å²) in [6.45, 7) is 2.96. The van der Waals surface area contributed by atoms with Gasteiger partial charge in [-0.1, -0.05) is 30.1 Å². The minimum Gasteiger partial charge on any atom is -0.311 e. The summed E-state index contributed by atoms with van der Waals surface area (Å²) in [7, 11) is 1.87. The zero-order valence-corrected chi connectivity index (χ0v) is 13.0. The molecule has 0 saturated carbocycles. The van der Waals surface area contributed by atoms with Gasteiger partial charge in [-0.25, -0.2) is 4.98 Å². The molecule has 0 aliphatic carbocycles. The van der Waals surface area contributed by atoms with Crippen molar-refractivity contribution in [3.63, 3.8) is 0 Å². The second-order valence-corrected chi connectivity index (χ2v) is 5.31. The van der Waals surface area contributed by atoms with Crippen LogP contribution in [0.15, 0.2) is 18.6 Å². The molecular weight excluding hydrogens is 297 g/mol. The van der Waals surface area contributed by atoms with Crippen molar-refractivity contribution >= 4 is 23.2 Å². The van der Waals surface area contributed by atoms with Crippen molar-refractivity contribution in [2.45, 2.75) is 32.4 Å². The maximum absolute atomic E-state index is 6.21.